The minimum Gasteiger partial charge on any atom is -0.478 e. The smallest absolute Gasteiger partial charge is 0.261 e. The van der Waals surface area contributed by atoms with Crippen molar-refractivity contribution in [3.8, 4) is 5.75 Å². The summed E-state index contributed by atoms with van der Waals surface area (Å²) in [6, 6.07) is 4.98. The molecule has 6 nitrogen and oxygen atoms in total. The lowest BCUT2D eigenvalue weighted by Crippen LogP contribution is -2.43. The first-order valence-electron chi connectivity index (χ1n) is 8.09. The first-order valence-corrected chi connectivity index (χ1v) is 10.3. The van der Waals surface area contributed by atoms with E-state index in [-0.39, 0.29) is 24.9 Å². The molecule has 1 heterocycles. The lowest BCUT2D eigenvalue weighted by Gasteiger charge is -2.21. The Balaban J connectivity index is 1.84. The van der Waals surface area contributed by atoms with Crippen LogP contribution in [0.3, 0.4) is 0 Å². The van der Waals surface area contributed by atoms with Gasteiger partial charge >= 0.3 is 0 Å². The highest BCUT2D eigenvalue weighted by Gasteiger charge is 2.32. The molecule has 132 valence electrons. The Bertz CT molecular complexity index is 732. The number of anilines is 1. The molecule has 1 aromatic rings. The van der Waals surface area contributed by atoms with Crippen LogP contribution in [0.25, 0.3) is 0 Å². The molecule has 2 aliphatic rings. The summed E-state index contributed by atoms with van der Waals surface area (Å²) in [4.78, 5) is 12.5. The van der Waals surface area contributed by atoms with Crippen molar-refractivity contribution in [1.82, 2.24) is 5.32 Å². The summed E-state index contributed by atoms with van der Waals surface area (Å²) in [5.74, 6) is 0.173. The zero-order chi connectivity index (χ0) is 17.3. The molecule has 1 N–H and O–H groups in total. The van der Waals surface area contributed by atoms with Crippen molar-refractivity contribution in [2.75, 3.05) is 17.1 Å². The number of benzene rings is 1. The molecule has 0 radical (unpaired) electrons. The molecule has 1 fully saturated rings. The van der Waals surface area contributed by atoms with E-state index in [2.05, 4.69) is 5.32 Å². The number of hydrogen-bond acceptors (Lipinski definition) is 4. The molecule has 0 aromatic heterocycles. The Hall–Kier alpha value is -1.47. The number of nitrogens with zero attached hydrogens (tertiary/aromatic N) is 1. The van der Waals surface area contributed by atoms with Gasteiger partial charge in [0.15, 0.2) is 6.10 Å². The highest BCUT2D eigenvalue weighted by atomic mass is 35.5. The lowest BCUT2D eigenvalue weighted by atomic mass is 10.2. The fourth-order valence-corrected chi connectivity index (χ4v) is 4.35. The number of rotatable bonds is 3. The number of carbonyl (C=O) groups is 1. The zero-order valence-corrected chi connectivity index (χ0v) is 15.1. The van der Waals surface area contributed by atoms with Crippen molar-refractivity contribution in [2.45, 2.75) is 44.2 Å². The summed E-state index contributed by atoms with van der Waals surface area (Å²) in [6.45, 7) is 0.176. The van der Waals surface area contributed by atoms with Crippen LogP contribution in [0.4, 0.5) is 5.69 Å². The number of hydrogen-bond donors (Lipinski definition) is 1. The van der Waals surface area contributed by atoms with Crippen molar-refractivity contribution in [2.24, 2.45) is 0 Å². The van der Waals surface area contributed by atoms with Gasteiger partial charge in [-0.05, 0) is 31.0 Å². The third-order valence-electron chi connectivity index (χ3n) is 4.45. The van der Waals surface area contributed by atoms with Gasteiger partial charge in [-0.3, -0.25) is 9.10 Å². The molecule has 1 aliphatic carbocycles. The van der Waals surface area contributed by atoms with Gasteiger partial charge < -0.3 is 10.1 Å². The van der Waals surface area contributed by atoms with Gasteiger partial charge in [-0.1, -0.05) is 24.4 Å². The molecular weight excluding hydrogens is 352 g/mol. The minimum absolute atomic E-state index is 0.176. The van der Waals surface area contributed by atoms with E-state index in [4.69, 9.17) is 16.3 Å². The number of amides is 1. The molecule has 0 bridgehead atoms. The molecule has 0 unspecified atom stereocenters. The SMILES string of the molecule is CS(=O)(=O)N1CC[C@@H](C(=O)NC2CCCC2)Oc2ccc(Cl)cc21. The largest absolute Gasteiger partial charge is 0.478 e. The van der Waals surface area contributed by atoms with Crippen LogP contribution in [0.15, 0.2) is 18.2 Å². The molecular formula is C16H21ClN2O4S. The summed E-state index contributed by atoms with van der Waals surface area (Å²) in [5.41, 5.74) is 0.376. The van der Waals surface area contributed by atoms with E-state index in [1.807, 2.05) is 0 Å². The van der Waals surface area contributed by atoms with Crippen LogP contribution in [0, 0.1) is 0 Å². The predicted octanol–water partition coefficient (Wildman–Crippen LogP) is 2.32. The number of fused-ring (bicyclic) bond motifs is 1. The van der Waals surface area contributed by atoms with Crippen molar-refractivity contribution in [3.63, 3.8) is 0 Å². The van der Waals surface area contributed by atoms with Gasteiger partial charge in [-0.25, -0.2) is 8.42 Å². The molecule has 8 heteroatoms. The fourth-order valence-electron chi connectivity index (χ4n) is 3.25. The van der Waals surface area contributed by atoms with Gasteiger partial charge in [0.1, 0.15) is 5.75 Å². The van der Waals surface area contributed by atoms with E-state index < -0.39 is 16.1 Å². The average Bonchev–Trinajstić information content (AvgIpc) is 2.91. The van der Waals surface area contributed by atoms with Crippen LogP contribution in [0.1, 0.15) is 32.1 Å². The van der Waals surface area contributed by atoms with Gasteiger partial charge in [0.2, 0.25) is 10.0 Å². The number of sulfonamides is 1. The molecule has 0 saturated heterocycles. The number of halogens is 1. The maximum Gasteiger partial charge on any atom is 0.261 e. The first-order chi connectivity index (χ1) is 11.3. The number of nitrogens with one attached hydrogen (secondary N) is 1. The van der Waals surface area contributed by atoms with E-state index >= 15 is 0 Å². The zero-order valence-electron chi connectivity index (χ0n) is 13.5. The Kier molecular flexibility index (Phi) is 4.92. The summed E-state index contributed by atoms with van der Waals surface area (Å²) < 4.78 is 31.3. The summed E-state index contributed by atoms with van der Waals surface area (Å²) in [7, 11) is -3.49. The fraction of sp³-hybridized carbons (Fsp3) is 0.562. The topological polar surface area (TPSA) is 75.7 Å². The summed E-state index contributed by atoms with van der Waals surface area (Å²) in [6.07, 6.45) is 4.94. The van der Waals surface area contributed by atoms with Crippen molar-refractivity contribution < 1.29 is 17.9 Å². The van der Waals surface area contributed by atoms with E-state index in [1.54, 1.807) is 18.2 Å². The third kappa shape index (κ3) is 3.78. The van der Waals surface area contributed by atoms with Gasteiger partial charge in [0, 0.05) is 24.0 Å². The highest BCUT2D eigenvalue weighted by Crippen LogP contribution is 2.36. The Morgan fingerprint density at radius 1 is 1.29 bits per heavy atom. The van der Waals surface area contributed by atoms with Gasteiger partial charge in [-0.2, -0.15) is 0 Å². The number of ether oxygens (including phenoxy) is 1. The van der Waals surface area contributed by atoms with Crippen LogP contribution in [0.5, 0.6) is 5.75 Å². The molecule has 3 rings (SSSR count). The van der Waals surface area contributed by atoms with Crippen LogP contribution in [-0.2, 0) is 14.8 Å². The van der Waals surface area contributed by atoms with Gasteiger partial charge in [-0.15, -0.1) is 0 Å². The maximum absolute atomic E-state index is 12.5. The van der Waals surface area contributed by atoms with Crippen molar-refractivity contribution in [1.29, 1.82) is 0 Å². The first kappa shape index (κ1) is 17.4. The molecule has 0 spiro atoms. The van der Waals surface area contributed by atoms with E-state index in [9.17, 15) is 13.2 Å². The third-order valence-corrected chi connectivity index (χ3v) is 5.86. The van der Waals surface area contributed by atoms with Crippen molar-refractivity contribution in [3.05, 3.63) is 23.2 Å². The van der Waals surface area contributed by atoms with Crippen LogP contribution < -0.4 is 14.4 Å². The minimum atomic E-state index is -3.49. The summed E-state index contributed by atoms with van der Waals surface area (Å²) in [5, 5.41) is 3.43. The number of carbonyl (C=O) groups excluding carboxylic acids is 1. The predicted molar refractivity (Wildman–Crippen MR) is 93.1 cm³/mol. The summed E-state index contributed by atoms with van der Waals surface area (Å²) >= 11 is 6.00. The van der Waals surface area contributed by atoms with E-state index in [1.165, 1.54) is 4.31 Å². The monoisotopic (exact) mass is 372 g/mol. The lowest BCUT2D eigenvalue weighted by molar-refractivity contribution is -0.128. The Labute approximate surface area is 147 Å². The van der Waals surface area contributed by atoms with Crippen LogP contribution >= 0.6 is 11.6 Å². The molecule has 1 aliphatic heterocycles. The van der Waals surface area contributed by atoms with E-state index in [0.29, 0.717) is 16.5 Å². The second kappa shape index (κ2) is 6.80. The molecule has 1 aromatic carbocycles. The molecule has 24 heavy (non-hydrogen) atoms. The Morgan fingerprint density at radius 2 is 2.00 bits per heavy atom. The molecule has 1 saturated carbocycles. The van der Waals surface area contributed by atoms with Crippen LogP contribution in [-0.4, -0.2) is 39.3 Å². The quantitative estimate of drug-likeness (QED) is 0.883. The average molecular weight is 373 g/mol. The molecule has 1 amide bonds. The van der Waals surface area contributed by atoms with Gasteiger partial charge in [0.25, 0.3) is 5.91 Å². The second-order valence-corrected chi connectivity index (χ2v) is 8.68. The Morgan fingerprint density at radius 3 is 2.67 bits per heavy atom. The van der Waals surface area contributed by atoms with Gasteiger partial charge in [0.05, 0.1) is 11.9 Å². The molecule has 1 atom stereocenters. The van der Waals surface area contributed by atoms with Crippen molar-refractivity contribution >= 4 is 33.2 Å². The highest BCUT2D eigenvalue weighted by molar-refractivity contribution is 7.92. The van der Waals surface area contributed by atoms with E-state index in [0.717, 1.165) is 31.9 Å². The maximum atomic E-state index is 12.5. The second-order valence-electron chi connectivity index (χ2n) is 6.33. The van der Waals surface area contributed by atoms with Crippen LogP contribution in [0.2, 0.25) is 5.02 Å². The normalized spacial score (nSPS) is 21.8. The standard InChI is InChI=1S/C16H21ClN2O4S/c1-24(21,22)19-9-8-15(16(20)18-12-4-2-3-5-12)23-14-7-6-11(17)10-13(14)19/h6-7,10,12,15H,2-5,8-9H2,1H3,(H,18,20)/t15-/m0/s1.